The molecular formula is C10H16ClN3O. The quantitative estimate of drug-likeness (QED) is 0.600. The third kappa shape index (κ3) is 4.44. The molecule has 0 fully saturated rings. The molecule has 1 N–H and O–H groups in total. The van der Waals surface area contributed by atoms with E-state index in [2.05, 4.69) is 22.2 Å². The minimum Gasteiger partial charge on any atom is -0.383 e. The lowest BCUT2D eigenvalue weighted by atomic mass is 10.2. The van der Waals surface area contributed by atoms with Crippen molar-refractivity contribution in [3.05, 3.63) is 16.9 Å². The fourth-order valence-corrected chi connectivity index (χ4v) is 1.40. The van der Waals surface area contributed by atoms with Crippen LogP contribution in [0.1, 0.15) is 19.0 Å². The number of ether oxygens (including phenoxy) is 1. The smallest absolute Gasteiger partial charge is 0.224 e. The highest BCUT2D eigenvalue weighted by atomic mass is 35.5. The Morgan fingerprint density at radius 3 is 2.93 bits per heavy atom. The van der Waals surface area contributed by atoms with Crippen LogP contribution in [0, 0.1) is 0 Å². The molecule has 0 radical (unpaired) electrons. The Kier molecular flexibility index (Phi) is 5.36. The van der Waals surface area contributed by atoms with Crippen LogP contribution < -0.4 is 5.32 Å². The van der Waals surface area contributed by atoms with E-state index in [4.69, 9.17) is 16.3 Å². The molecule has 0 saturated carbocycles. The molecule has 0 amide bonds. The van der Waals surface area contributed by atoms with Crippen molar-refractivity contribution in [3.8, 4) is 0 Å². The van der Waals surface area contributed by atoms with Crippen LogP contribution in [0.3, 0.4) is 0 Å². The Morgan fingerprint density at radius 1 is 1.47 bits per heavy atom. The van der Waals surface area contributed by atoms with Gasteiger partial charge in [0.15, 0.2) is 0 Å². The zero-order valence-electron chi connectivity index (χ0n) is 9.09. The standard InChI is InChI=1S/C10H16ClN3O/c1-3-4-8-7-9(11)14-10(13-8)12-5-6-15-2/h7H,3-6H2,1-2H3,(H,12,13,14). The molecule has 0 aromatic carbocycles. The molecule has 0 aliphatic rings. The topological polar surface area (TPSA) is 47.0 Å². The predicted octanol–water partition coefficient (Wildman–Crippen LogP) is 2.14. The summed E-state index contributed by atoms with van der Waals surface area (Å²) in [5.41, 5.74) is 0.970. The van der Waals surface area contributed by atoms with E-state index in [-0.39, 0.29) is 0 Å². The molecule has 5 heteroatoms. The van der Waals surface area contributed by atoms with Crippen molar-refractivity contribution >= 4 is 17.5 Å². The van der Waals surface area contributed by atoms with Crippen LogP contribution in [-0.4, -0.2) is 30.2 Å². The Balaban J connectivity index is 2.62. The SMILES string of the molecule is CCCc1cc(Cl)nc(NCCOC)n1. The van der Waals surface area contributed by atoms with Gasteiger partial charge in [0, 0.05) is 19.3 Å². The molecule has 15 heavy (non-hydrogen) atoms. The number of aryl methyl sites for hydroxylation is 1. The molecule has 1 heterocycles. The summed E-state index contributed by atoms with van der Waals surface area (Å²) in [5.74, 6) is 0.572. The van der Waals surface area contributed by atoms with E-state index in [1.165, 1.54) is 0 Å². The molecule has 0 saturated heterocycles. The molecule has 0 spiro atoms. The van der Waals surface area contributed by atoms with E-state index >= 15 is 0 Å². The first-order chi connectivity index (χ1) is 7.26. The number of methoxy groups -OCH3 is 1. The van der Waals surface area contributed by atoms with Crippen molar-refractivity contribution < 1.29 is 4.74 Å². The Morgan fingerprint density at radius 2 is 2.27 bits per heavy atom. The number of aromatic nitrogens is 2. The van der Waals surface area contributed by atoms with Crippen molar-refractivity contribution in [1.82, 2.24) is 9.97 Å². The van der Waals surface area contributed by atoms with E-state index in [9.17, 15) is 0 Å². The first kappa shape index (κ1) is 12.2. The second kappa shape index (κ2) is 6.58. The van der Waals surface area contributed by atoms with Gasteiger partial charge < -0.3 is 10.1 Å². The molecule has 1 rings (SSSR count). The van der Waals surface area contributed by atoms with E-state index in [0.29, 0.717) is 24.3 Å². The number of nitrogens with zero attached hydrogens (tertiary/aromatic N) is 2. The molecule has 0 aliphatic carbocycles. The zero-order chi connectivity index (χ0) is 11.1. The van der Waals surface area contributed by atoms with Crippen molar-refractivity contribution in [1.29, 1.82) is 0 Å². The monoisotopic (exact) mass is 229 g/mol. The maximum Gasteiger partial charge on any atom is 0.224 e. The predicted molar refractivity (Wildman–Crippen MR) is 61.4 cm³/mol. The summed E-state index contributed by atoms with van der Waals surface area (Å²) in [5, 5.41) is 3.53. The number of hydrogen-bond acceptors (Lipinski definition) is 4. The Hall–Kier alpha value is -0.870. The molecule has 0 atom stereocenters. The van der Waals surface area contributed by atoms with E-state index < -0.39 is 0 Å². The minimum absolute atomic E-state index is 0.480. The molecule has 0 unspecified atom stereocenters. The second-order valence-corrected chi connectivity index (χ2v) is 3.56. The van der Waals surface area contributed by atoms with Crippen LogP contribution in [0.4, 0.5) is 5.95 Å². The van der Waals surface area contributed by atoms with Gasteiger partial charge in [-0.2, -0.15) is 0 Å². The number of halogens is 1. The van der Waals surface area contributed by atoms with Gasteiger partial charge in [0.05, 0.1) is 6.61 Å². The highest BCUT2D eigenvalue weighted by Crippen LogP contribution is 2.11. The summed E-state index contributed by atoms with van der Waals surface area (Å²) in [6.07, 6.45) is 1.96. The van der Waals surface area contributed by atoms with Gasteiger partial charge in [-0.3, -0.25) is 0 Å². The fourth-order valence-electron chi connectivity index (χ4n) is 1.19. The van der Waals surface area contributed by atoms with E-state index in [1.54, 1.807) is 13.2 Å². The van der Waals surface area contributed by atoms with Gasteiger partial charge in [0.1, 0.15) is 5.15 Å². The first-order valence-corrected chi connectivity index (χ1v) is 5.40. The lowest BCUT2D eigenvalue weighted by molar-refractivity contribution is 0.210. The van der Waals surface area contributed by atoms with Gasteiger partial charge in [-0.15, -0.1) is 0 Å². The molecule has 84 valence electrons. The van der Waals surface area contributed by atoms with Crippen molar-refractivity contribution in [3.63, 3.8) is 0 Å². The normalized spacial score (nSPS) is 10.3. The average Bonchev–Trinajstić information content (AvgIpc) is 2.18. The number of nitrogens with one attached hydrogen (secondary N) is 1. The van der Waals surface area contributed by atoms with Crippen LogP contribution in [0.5, 0.6) is 0 Å². The molecule has 0 aliphatic heterocycles. The van der Waals surface area contributed by atoms with Crippen LogP contribution in [0.25, 0.3) is 0 Å². The molecule has 0 bridgehead atoms. The van der Waals surface area contributed by atoms with Crippen molar-refractivity contribution in [2.45, 2.75) is 19.8 Å². The lowest BCUT2D eigenvalue weighted by Crippen LogP contribution is -2.11. The lowest BCUT2D eigenvalue weighted by Gasteiger charge is -2.06. The van der Waals surface area contributed by atoms with Crippen LogP contribution in [0.2, 0.25) is 5.15 Å². The molecule has 1 aromatic heterocycles. The average molecular weight is 230 g/mol. The number of rotatable bonds is 6. The fraction of sp³-hybridized carbons (Fsp3) is 0.600. The van der Waals surface area contributed by atoms with Gasteiger partial charge in [-0.25, -0.2) is 9.97 Å². The van der Waals surface area contributed by atoms with Gasteiger partial charge in [0.25, 0.3) is 0 Å². The number of hydrogen-bond donors (Lipinski definition) is 1. The van der Waals surface area contributed by atoms with Gasteiger partial charge in [-0.1, -0.05) is 24.9 Å². The van der Waals surface area contributed by atoms with Crippen molar-refractivity contribution in [2.24, 2.45) is 0 Å². The Bertz CT molecular complexity index is 307. The Labute approximate surface area is 95.0 Å². The van der Waals surface area contributed by atoms with Crippen LogP contribution in [0.15, 0.2) is 6.07 Å². The largest absolute Gasteiger partial charge is 0.383 e. The summed E-state index contributed by atoms with van der Waals surface area (Å²) in [6, 6.07) is 1.80. The zero-order valence-corrected chi connectivity index (χ0v) is 9.84. The van der Waals surface area contributed by atoms with Crippen LogP contribution in [-0.2, 0) is 11.2 Å². The summed E-state index contributed by atoms with van der Waals surface area (Å²) in [4.78, 5) is 8.41. The summed E-state index contributed by atoms with van der Waals surface area (Å²) in [6.45, 7) is 3.41. The van der Waals surface area contributed by atoms with Gasteiger partial charge in [0.2, 0.25) is 5.95 Å². The summed E-state index contributed by atoms with van der Waals surface area (Å²) >= 11 is 5.88. The molecule has 4 nitrogen and oxygen atoms in total. The van der Waals surface area contributed by atoms with Crippen LogP contribution >= 0.6 is 11.6 Å². The molecular weight excluding hydrogens is 214 g/mol. The minimum atomic E-state index is 0.480. The van der Waals surface area contributed by atoms with Gasteiger partial charge in [-0.05, 0) is 12.5 Å². The number of anilines is 1. The highest BCUT2D eigenvalue weighted by Gasteiger charge is 2.01. The maximum absolute atomic E-state index is 5.88. The van der Waals surface area contributed by atoms with E-state index in [1.807, 2.05) is 0 Å². The third-order valence-electron chi connectivity index (χ3n) is 1.84. The van der Waals surface area contributed by atoms with E-state index in [0.717, 1.165) is 18.5 Å². The third-order valence-corrected chi connectivity index (χ3v) is 2.04. The summed E-state index contributed by atoms with van der Waals surface area (Å²) < 4.78 is 4.92. The van der Waals surface area contributed by atoms with Crippen molar-refractivity contribution in [2.75, 3.05) is 25.6 Å². The maximum atomic E-state index is 5.88. The first-order valence-electron chi connectivity index (χ1n) is 5.02. The summed E-state index contributed by atoms with van der Waals surface area (Å²) in [7, 11) is 1.66. The van der Waals surface area contributed by atoms with Gasteiger partial charge >= 0.3 is 0 Å². The highest BCUT2D eigenvalue weighted by molar-refractivity contribution is 6.29. The second-order valence-electron chi connectivity index (χ2n) is 3.18. The molecule has 1 aromatic rings.